The summed E-state index contributed by atoms with van der Waals surface area (Å²) in [5.41, 5.74) is 8.51. The summed E-state index contributed by atoms with van der Waals surface area (Å²) in [5, 5.41) is 7.36. The van der Waals surface area contributed by atoms with Gasteiger partial charge < -0.3 is 20.9 Å². The van der Waals surface area contributed by atoms with E-state index in [9.17, 15) is 18.8 Å². The summed E-state index contributed by atoms with van der Waals surface area (Å²) in [5.74, 6) is -1.84. The SMILES string of the molecule is Cn1nc(C(C)(C)C)cc1C(=O)N1CCN(C(=O)c2ccc(F)cc2)C1C(=O)NCc1cccc(CN)c1. The molecule has 0 bridgehead atoms. The molecule has 4 rings (SSSR count). The van der Waals surface area contributed by atoms with Gasteiger partial charge in [0.1, 0.15) is 11.5 Å². The van der Waals surface area contributed by atoms with E-state index >= 15 is 0 Å². The zero-order valence-corrected chi connectivity index (χ0v) is 22.1. The molecule has 9 nitrogen and oxygen atoms in total. The van der Waals surface area contributed by atoms with E-state index in [0.29, 0.717) is 12.2 Å². The van der Waals surface area contributed by atoms with Gasteiger partial charge in [-0.1, -0.05) is 45.0 Å². The molecular formula is C28H33FN6O3. The monoisotopic (exact) mass is 520 g/mol. The average Bonchev–Trinajstić information content (AvgIpc) is 3.51. The zero-order valence-electron chi connectivity index (χ0n) is 22.1. The highest BCUT2D eigenvalue weighted by Gasteiger charge is 2.44. The highest BCUT2D eigenvalue weighted by atomic mass is 19.1. The van der Waals surface area contributed by atoms with Gasteiger partial charge in [-0.05, 0) is 41.5 Å². The highest BCUT2D eigenvalue weighted by molar-refractivity contribution is 6.01. The number of carbonyl (C=O) groups excluding carboxylic acids is 3. The number of aromatic nitrogens is 2. The molecule has 0 aliphatic carbocycles. The van der Waals surface area contributed by atoms with Crippen molar-refractivity contribution in [1.82, 2.24) is 24.9 Å². The van der Waals surface area contributed by atoms with Crippen LogP contribution in [0.25, 0.3) is 0 Å². The maximum Gasteiger partial charge on any atom is 0.274 e. The van der Waals surface area contributed by atoms with Crippen molar-refractivity contribution in [2.45, 2.75) is 45.4 Å². The van der Waals surface area contributed by atoms with Gasteiger partial charge in [0.15, 0.2) is 6.17 Å². The quantitative estimate of drug-likeness (QED) is 0.519. The summed E-state index contributed by atoms with van der Waals surface area (Å²) in [6, 6.07) is 14.3. The van der Waals surface area contributed by atoms with E-state index in [-0.39, 0.29) is 30.6 Å². The summed E-state index contributed by atoms with van der Waals surface area (Å²) in [6.45, 7) is 6.86. The van der Waals surface area contributed by atoms with Crippen LogP contribution in [0.4, 0.5) is 4.39 Å². The van der Waals surface area contributed by atoms with E-state index in [1.165, 1.54) is 38.7 Å². The van der Waals surface area contributed by atoms with E-state index in [2.05, 4.69) is 10.4 Å². The summed E-state index contributed by atoms with van der Waals surface area (Å²) in [7, 11) is 1.68. The number of nitrogens with one attached hydrogen (secondary N) is 1. The molecular weight excluding hydrogens is 487 g/mol. The molecule has 38 heavy (non-hydrogen) atoms. The summed E-state index contributed by atoms with van der Waals surface area (Å²) in [4.78, 5) is 43.4. The van der Waals surface area contributed by atoms with Crippen molar-refractivity contribution in [3.8, 4) is 0 Å². The summed E-state index contributed by atoms with van der Waals surface area (Å²) >= 11 is 0. The fourth-order valence-corrected chi connectivity index (χ4v) is 4.42. The van der Waals surface area contributed by atoms with Crippen LogP contribution < -0.4 is 11.1 Å². The molecule has 1 fully saturated rings. The van der Waals surface area contributed by atoms with Gasteiger partial charge in [0.05, 0.1) is 5.69 Å². The Hall–Kier alpha value is -4.05. The van der Waals surface area contributed by atoms with Crippen molar-refractivity contribution in [3.05, 3.63) is 88.5 Å². The smallest absolute Gasteiger partial charge is 0.274 e. The number of benzene rings is 2. The van der Waals surface area contributed by atoms with Crippen LogP contribution in [0.3, 0.4) is 0 Å². The molecule has 0 radical (unpaired) electrons. The van der Waals surface area contributed by atoms with Gasteiger partial charge in [-0.2, -0.15) is 5.10 Å². The number of nitrogens with two attached hydrogens (primary N) is 1. The molecule has 200 valence electrons. The fraction of sp³-hybridized carbons (Fsp3) is 0.357. The second-order valence-electron chi connectivity index (χ2n) is 10.4. The predicted octanol–water partition coefficient (Wildman–Crippen LogP) is 2.56. The van der Waals surface area contributed by atoms with Gasteiger partial charge in [0, 0.05) is 44.2 Å². The Balaban J connectivity index is 1.63. The van der Waals surface area contributed by atoms with Crippen molar-refractivity contribution in [2.24, 2.45) is 12.8 Å². The lowest BCUT2D eigenvalue weighted by Crippen LogP contribution is -2.53. The Kier molecular flexibility index (Phi) is 7.63. The lowest BCUT2D eigenvalue weighted by molar-refractivity contribution is -0.128. The number of aryl methyl sites for hydroxylation is 1. The molecule has 1 saturated heterocycles. The molecule has 1 aromatic heterocycles. The third-order valence-corrected chi connectivity index (χ3v) is 6.58. The first kappa shape index (κ1) is 27.0. The largest absolute Gasteiger partial charge is 0.349 e. The molecule has 1 aliphatic rings. The van der Waals surface area contributed by atoms with Gasteiger partial charge >= 0.3 is 0 Å². The number of nitrogens with zero attached hydrogens (tertiary/aromatic N) is 4. The minimum absolute atomic E-state index is 0.146. The minimum atomic E-state index is -1.19. The predicted molar refractivity (Wildman–Crippen MR) is 140 cm³/mol. The Bertz CT molecular complexity index is 1350. The molecule has 1 atom stereocenters. The highest BCUT2D eigenvalue weighted by Crippen LogP contribution is 2.25. The number of halogens is 1. The Morgan fingerprint density at radius 3 is 2.24 bits per heavy atom. The van der Waals surface area contributed by atoms with Crippen LogP contribution >= 0.6 is 0 Å². The van der Waals surface area contributed by atoms with Crippen LogP contribution in [0.2, 0.25) is 0 Å². The summed E-state index contributed by atoms with van der Waals surface area (Å²) in [6.07, 6.45) is -1.19. The maximum atomic E-state index is 13.7. The number of carbonyl (C=O) groups is 3. The van der Waals surface area contributed by atoms with Crippen molar-refractivity contribution < 1.29 is 18.8 Å². The Labute approximate surface area is 221 Å². The Morgan fingerprint density at radius 2 is 1.63 bits per heavy atom. The standard InChI is InChI=1S/C28H33FN6O3/c1-28(2,3)23-15-22(33(4)32-23)27(38)35-13-12-34(26(37)20-8-10-21(29)11-9-20)25(35)24(36)31-17-19-7-5-6-18(14-19)16-30/h5-11,14-15,25H,12-13,16-17,30H2,1-4H3,(H,31,36). The van der Waals surface area contributed by atoms with Crippen LogP contribution in [0.1, 0.15) is 58.4 Å². The fourth-order valence-electron chi connectivity index (χ4n) is 4.42. The molecule has 0 saturated carbocycles. The van der Waals surface area contributed by atoms with Gasteiger partial charge in [-0.3, -0.25) is 19.1 Å². The van der Waals surface area contributed by atoms with Crippen molar-refractivity contribution in [1.29, 1.82) is 0 Å². The van der Waals surface area contributed by atoms with E-state index in [1.54, 1.807) is 13.1 Å². The molecule has 3 N–H and O–H groups in total. The van der Waals surface area contributed by atoms with Crippen LogP contribution in [0.5, 0.6) is 0 Å². The minimum Gasteiger partial charge on any atom is -0.349 e. The third kappa shape index (κ3) is 5.60. The van der Waals surface area contributed by atoms with Crippen molar-refractivity contribution >= 4 is 17.7 Å². The second-order valence-corrected chi connectivity index (χ2v) is 10.4. The first-order chi connectivity index (χ1) is 18.0. The number of hydrogen-bond acceptors (Lipinski definition) is 5. The van der Waals surface area contributed by atoms with Gasteiger partial charge in [0.2, 0.25) is 0 Å². The second kappa shape index (κ2) is 10.7. The zero-order chi connectivity index (χ0) is 27.6. The van der Waals surface area contributed by atoms with E-state index in [1.807, 2.05) is 45.0 Å². The number of amides is 3. The molecule has 2 aromatic carbocycles. The van der Waals surface area contributed by atoms with Crippen molar-refractivity contribution in [3.63, 3.8) is 0 Å². The number of hydrogen-bond donors (Lipinski definition) is 2. The van der Waals surface area contributed by atoms with E-state index < -0.39 is 29.7 Å². The van der Waals surface area contributed by atoms with Gasteiger partial charge in [0.25, 0.3) is 17.7 Å². The topological polar surface area (TPSA) is 114 Å². The molecule has 1 aliphatic heterocycles. The molecule has 10 heteroatoms. The first-order valence-electron chi connectivity index (χ1n) is 12.5. The average molecular weight is 521 g/mol. The molecule has 0 spiro atoms. The lowest BCUT2D eigenvalue weighted by atomic mass is 9.92. The van der Waals surface area contributed by atoms with Gasteiger partial charge in [-0.25, -0.2) is 4.39 Å². The first-order valence-corrected chi connectivity index (χ1v) is 12.5. The van der Waals surface area contributed by atoms with Gasteiger partial charge in [-0.15, -0.1) is 0 Å². The maximum absolute atomic E-state index is 13.7. The number of rotatable bonds is 6. The molecule has 2 heterocycles. The molecule has 1 unspecified atom stereocenters. The molecule has 3 aromatic rings. The third-order valence-electron chi connectivity index (χ3n) is 6.58. The van der Waals surface area contributed by atoms with Crippen LogP contribution in [0.15, 0.2) is 54.6 Å². The summed E-state index contributed by atoms with van der Waals surface area (Å²) < 4.78 is 15.0. The molecule has 3 amide bonds. The van der Waals surface area contributed by atoms with Crippen molar-refractivity contribution in [2.75, 3.05) is 13.1 Å². The van der Waals surface area contributed by atoms with E-state index in [4.69, 9.17) is 5.73 Å². The normalized spacial score (nSPS) is 15.6. The van der Waals surface area contributed by atoms with E-state index in [0.717, 1.165) is 16.8 Å². The van der Waals surface area contributed by atoms with Crippen LogP contribution in [-0.2, 0) is 30.3 Å². The lowest BCUT2D eigenvalue weighted by Gasteiger charge is -2.29. The Morgan fingerprint density at radius 1 is 1.00 bits per heavy atom. The van der Waals surface area contributed by atoms with Crippen LogP contribution in [0, 0.1) is 5.82 Å². The van der Waals surface area contributed by atoms with Crippen LogP contribution in [-0.4, -0.2) is 56.6 Å².